The summed E-state index contributed by atoms with van der Waals surface area (Å²) in [4.78, 5) is 11.5. The van der Waals surface area contributed by atoms with Crippen LogP contribution in [0.2, 0.25) is 0 Å². The van der Waals surface area contributed by atoms with Crippen LogP contribution in [0.1, 0.15) is 27.7 Å². The molecule has 3 N–H and O–H groups in total. The van der Waals surface area contributed by atoms with Gasteiger partial charge in [0.15, 0.2) is 0 Å². The lowest BCUT2D eigenvalue weighted by Crippen LogP contribution is -2.27. The van der Waals surface area contributed by atoms with E-state index in [4.69, 9.17) is 10.5 Å². The average Bonchev–Trinajstić information content (AvgIpc) is 2.44. The summed E-state index contributed by atoms with van der Waals surface area (Å²) in [7, 11) is 0. The van der Waals surface area contributed by atoms with E-state index in [-0.39, 0.29) is 0 Å². The maximum absolute atomic E-state index is 11.5. The Morgan fingerprint density at radius 2 is 2.25 bits per heavy atom. The highest BCUT2D eigenvalue weighted by atomic mass is 16.6. The molecular weight excluding hydrogens is 208 g/mol. The van der Waals surface area contributed by atoms with Crippen LogP contribution >= 0.6 is 0 Å². The van der Waals surface area contributed by atoms with E-state index in [1.807, 2.05) is 6.92 Å². The number of nitrogen functional groups attached to an aromatic ring is 1. The van der Waals surface area contributed by atoms with Crippen molar-refractivity contribution in [2.24, 2.45) is 0 Å². The third-order valence-corrected chi connectivity index (χ3v) is 1.82. The minimum Gasteiger partial charge on any atom is -0.444 e. The maximum Gasteiger partial charge on any atom is 0.412 e. The van der Waals surface area contributed by atoms with Crippen molar-refractivity contribution < 1.29 is 9.53 Å². The molecular formula is C10H18N4O2. The van der Waals surface area contributed by atoms with E-state index in [0.29, 0.717) is 18.1 Å². The largest absolute Gasteiger partial charge is 0.444 e. The SMILES string of the molecule is CCn1ncc(NC(=O)OC(C)(C)C)c1N. The van der Waals surface area contributed by atoms with Crippen LogP contribution in [-0.2, 0) is 11.3 Å². The summed E-state index contributed by atoms with van der Waals surface area (Å²) in [5, 5.41) is 6.56. The second-order valence-corrected chi connectivity index (χ2v) is 4.39. The van der Waals surface area contributed by atoms with E-state index in [9.17, 15) is 4.79 Å². The molecule has 1 aromatic heterocycles. The van der Waals surface area contributed by atoms with E-state index in [2.05, 4.69) is 10.4 Å². The number of amides is 1. The molecule has 0 spiro atoms. The molecule has 1 rings (SSSR count). The molecule has 0 aliphatic heterocycles. The molecule has 0 aliphatic carbocycles. The van der Waals surface area contributed by atoms with Crippen LogP contribution in [0.5, 0.6) is 0 Å². The number of nitrogens with zero attached hydrogens (tertiary/aromatic N) is 2. The molecule has 1 amide bonds. The van der Waals surface area contributed by atoms with Crippen molar-refractivity contribution in [3.05, 3.63) is 6.20 Å². The number of carbonyl (C=O) groups excluding carboxylic acids is 1. The standard InChI is InChI=1S/C10H18N4O2/c1-5-14-8(11)7(6-12-14)13-9(15)16-10(2,3)4/h6H,5,11H2,1-4H3,(H,13,15). The topological polar surface area (TPSA) is 82.2 Å². The number of rotatable bonds is 2. The Morgan fingerprint density at radius 3 is 2.69 bits per heavy atom. The Kier molecular flexibility index (Phi) is 3.41. The lowest BCUT2D eigenvalue weighted by atomic mass is 10.2. The number of nitrogens with one attached hydrogen (secondary N) is 1. The lowest BCUT2D eigenvalue weighted by molar-refractivity contribution is 0.0636. The molecule has 0 saturated heterocycles. The highest BCUT2D eigenvalue weighted by molar-refractivity contribution is 5.88. The van der Waals surface area contributed by atoms with Gasteiger partial charge in [-0.3, -0.25) is 5.32 Å². The molecule has 0 aliphatic rings. The van der Waals surface area contributed by atoms with Gasteiger partial charge in [-0.1, -0.05) is 0 Å². The number of aromatic nitrogens is 2. The zero-order valence-electron chi connectivity index (χ0n) is 10.1. The summed E-state index contributed by atoms with van der Waals surface area (Å²) < 4.78 is 6.69. The summed E-state index contributed by atoms with van der Waals surface area (Å²) in [6.07, 6.45) is 0.970. The molecule has 0 saturated carbocycles. The Labute approximate surface area is 94.8 Å². The summed E-state index contributed by atoms with van der Waals surface area (Å²) in [6.45, 7) is 7.96. The number of carbonyl (C=O) groups is 1. The Balaban J connectivity index is 2.67. The molecule has 16 heavy (non-hydrogen) atoms. The fourth-order valence-electron chi connectivity index (χ4n) is 1.16. The van der Waals surface area contributed by atoms with Crippen molar-refractivity contribution in [3.8, 4) is 0 Å². The molecule has 0 fully saturated rings. The van der Waals surface area contributed by atoms with Crippen molar-refractivity contribution in [2.75, 3.05) is 11.1 Å². The molecule has 0 unspecified atom stereocenters. The molecule has 0 bridgehead atoms. The van der Waals surface area contributed by atoms with Gasteiger partial charge in [0.25, 0.3) is 0 Å². The predicted molar refractivity (Wildman–Crippen MR) is 62.2 cm³/mol. The Bertz CT molecular complexity index is 379. The van der Waals surface area contributed by atoms with Gasteiger partial charge in [-0.25, -0.2) is 9.48 Å². The van der Waals surface area contributed by atoms with Gasteiger partial charge in [0.05, 0.1) is 6.20 Å². The second kappa shape index (κ2) is 4.42. The van der Waals surface area contributed by atoms with Crippen molar-refractivity contribution in [1.29, 1.82) is 0 Å². The van der Waals surface area contributed by atoms with Gasteiger partial charge in [-0.2, -0.15) is 5.10 Å². The van der Waals surface area contributed by atoms with Gasteiger partial charge in [-0.05, 0) is 27.7 Å². The van der Waals surface area contributed by atoms with Crippen LogP contribution < -0.4 is 11.1 Å². The zero-order valence-corrected chi connectivity index (χ0v) is 10.1. The fraction of sp³-hybridized carbons (Fsp3) is 0.600. The minimum atomic E-state index is -0.533. The quantitative estimate of drug-likeness (QED) is 0.806. The van der Waals surface area contributed by atoms with Crippen molar-refractivity contribution in [3.63, 3.8) is 0 Å². The van der Waals surface area contributed by atoms with Gasteiger partial charge in [0.2, 0.25) is 0 Å². The third kappa shape index (κ3) is 3.15. The van der Waals surface area contributed by atoms with Crippen molar-refractivity contribution >= 4 is 17.6 Å². The van der Waals surface area contributed by atoms with Crippen molar-refractivity contribution in [2.45, 2.75) is 39.8 Å². The zero-order chi connectivity index (χ0) is 12.3. The van der Waals surface area contributed by atoms with Gasteiger partial charge in [0, 0.05) is 6.54 Å². The molecule has 1 aromatic rings. The first-order chi connectivity index (χ1) is 7.33. The van der Waals surface area contributed by atoms with E-state index >= 15 is 0 Å². The van der Waals surface area contributed by atoms with Crippen LogP contribution in [0.4, 0.5) is 16.3 Å². The van der Waals surface area contributed by atoms with Gasteiger partial charge in [-0.15, -0.1) is 0 Å². The summed E-state index contributed by atoms with van der Waals surface area (Å²) in [5.41, 5.74) is 5.70. The van der Waals surface area contributed by atoms with Gasteiger partial charge in [0.1, 0.15) is 17.1 Å². The summed E-state index contributed by atoms with van der Waals surface area (Å²) in [6, 6.07) is 0. The van der Waals surface area contributed by atoms with E-state index in [1.54, 1.807) is 25.5 Å². The molecule has 0 radical (unpaired) electrons. The predicted octanol–water partition coefficient (Wildman–Crippen LogP) is 1.83. The average molecular weight is 226 g/mol. The molecule has 90 valence electrons. The first-order valence-corrected chi connectivity index (χ1v) is 5.14. The number of aryl methyl sites for hydroxylation is 1. The lowest BCUT2D eigenvalue weighted by Gasteiger charge is -2.19. The highest BCUT2D eigenvalue weighted by Gasteiger charge is 2.17. The normalized spacial score (nSPS) is 11.2. The first-order valence-electron chi connectivity index (χ1n) is 5.14. The molecule has 6 heteroatoms. The Morgan fingerprint density at radius 1 is 1.62 bits per heavy atom. The van der Waals surface area contributed by atoms with E-state index < -0.39 is 11.7 Å². The van der Waals surface area contributed by atoms with Crippen molar-refractivity contribution in [1.82, 2.24) is 9.78 Å². The van der Waals surface area contributed by atoms with Crippen LogP contribution in [0.15, 0.2) is 6.20 Å². The summed E-state index contributed by atoms with van der Waals surface area (Å²) in [5.74, 6) is 0.424. The van der Waals surface area contributed by atoms with Crippen LogP contribution in [-0.4, -0.2) is 21.5 Å². The van der Waals surface area contributed by atoms with Gasteiger partial charge >= 0.3 is 6.09 Å². The van der Waals surface area contributed by atoms with Crippen LogP contribution in [0.3, 0.4) is 0 Å². The second-order valence-electron chi connectivity index (χ2n) is 4.39. The molecule has 1 heterocycles. The third-order valence-electron chi connectivity index (χ3n) is 1.82. The highest BCUT2D eigenvalue weighted by Crippen LogP contribution is 2.18. The molecule has 6 nitrogen and oxygen atoms in total. The van der Waals surface area contributed by atoms with Crippen LogP contribution in [0.25, 0.3) is 0 Å². The molecule has 0 atom stereocenters. The first kappa shape index (κ1) is 12.4. The van der Waals surface area contributed by atoms with Crippen LogP contribution in [0, 0.1) is 0 Å². The smallest absolute Gasteiger partial charge is 0.412 e. The summed E-state index contributed by atoms with van der Waals surface area (Å²) >= 11 is 0. The monoisotopic (exact) mass is 226 g/mol. The van der Waals surface area contributed by atoms with E-state index in [0.717, 1.165) is 0 Å². The maximum atomic E-state index is 11.5. The number of hydrogen-bond donors (Lipinski definition) is 2. The van der Waals surface area contributed by atoms with E-state index in [1.165, 1.54) is 6.20 Å². The number of nitrogens with two attached hydrogens (primary N) is 1. The number of ether oxygens (including phenoxy) is 1. The fourth-order valence-corrected chi connectivity index (χ4v) is 1.16. The minimum absolute atomic E-state index is 0.424. The number of anilines is 2. The number of hydrogen-bond acceptors (Lipinski definition) is 4. The Hall–Kier alpha value is -1.72. The van der Waals surface area contributed by atoms with Gasteiger partial charge < -0.3 is 10.5 Å². The molecule has 0 aromatic carbocycles.